The lowest BCUT2D eigenvalue weighted by Crippen LogP contribution is -2.47. The monoisotopic (exact) mass is 187 g/mol. The Balaban J connectivity index is 2.33. The van der Waals surface area contributed by atoms with Crippen molar-refractivity contribution in [3.05, 3.63) is 0 Å². The van der Waals surface area contributed by atoms with Crippen LogP contribution in [0, 0.1) is 0 Å². The van der Waals surface area contributed by atoms with Crippen molar-refractivity contribution < 1.29 is 14.3 Å². The molecule has 0 atom stereocenters. The number of hydrogen-bond donors (Lipinski definition) is 2. The Kier molecular flexibility index (Phi) is 3.66. The number of carbonyl (C=O) groups excluding carboxylic acids is 2. The first kappa shape index (κ1) is 9.94. The average molecular weight is 187 g/mol. The second kappa shape index (κ2) is 4.78. The number of piperazine rings is 1. The zero-order valence-corrected chi connectivity index (χ0v) is 7.28. The number of nitrogens with zero attached hydrogens (tertiary/aromatic N) is 1. The van der Waals surface area contributed by atoms with Crippen LogP contribution in [0.1, 0.15) is 0 Å². The molecule has 0 unspecified atom stereocenters. The second-order valence-corrected chi connectivity index (χ2v) is 2.68. The predicted molar refractivity (Wildman–Crippen MR) is 45.0 cm³/mol. The highest BCUT2D eigenvalue weighted by Gasteiger charge is 2.19. The second-order valence-electron chi connectivity index (χ2n) is 2.68. The summed E-state index contributed by atoms with van der Waals surface area (Å²) in [5.74, 6) is -0.691. The summed E-state index contributed by atoms with van der Waals surface area (Å²) in [7, 11) is 0. The minimum absolute atomic E-state index is 0.266. The first-order chi connectivity index (χ1) is 6.24. The van der Waals surface area contributed by atoms with Crippen molar-refractivity contribution in [2.75, 3.05) is 32.7 Å². The van der Waals surface area contributed by atoms with Crippen LogP contribution >= 0.6 is 0 Å². The minimum Gasteiger partial charge on any atom is -0.375 e. The molecule has 3 N–H and O–H groups in total. The molecule has 0 aliphatic carbocycles. The Morgan fingerprint density at radius 1 is 1.38 bits per heavy atom. The zero-order chi connectivity index (χ0) is 9.68. The Morgan fingerprint density at radius 2 is 2.00 bits per heavy atom. The molecule has 1 amide bonds. The number of ether oxygens (including phenoxy) is 1. The van der Waals surface area contributed by atoms with Crippen molar-refractivity contribution in [1.29, 1.82) is 0 Å². The maximum Gasteiger partial charge on any atom is 0.417 e. The molecule has 6 nitrogen and oxygen atoms in total. The molecular formula is C7H13N3O3. The SMILES string of the molecule is NCC(=O)OC(=O)N1CCNCC1. The zero-order valence-electron chi connectivity index (χ0n) is 7.28. The molecule has 13 heavy (non-hydrogen) atoms. The Morgan fingerprint density at radius 3 is 2.54 bits per heavy atom. The standard InChI is InChI=1S/C7H13N3O3/c8-5-6(11)13-7(12)10-3-1-9-2-4-10/h9H,1-5,8H2. The lowest BCUT2D eigenvalue weighted by Gasteiger charge is -2.25. The molecule has 0 aromatic heterocycles. The average Bonchev–Trinajstić information content (AvgIpc) is 2.19. The van der Waals surface area contributed by atoms with Crippen molar-refractivity contribution in [3.63, 3.8) is 0 Å². The molecule has 0 radical (unpaired) electrons. The van der Waals surface area contributed by atoms with Gasteiger partial charge in [-0.1, -0.05) is 0 Å². The maximum absolute atomic E-state index is 11.2. The van der Waals surface area contributed by atoms with Gasteiger partial charge in [0.1, 0.15) is 0 Å². The third kappa shape index (κ3) is 3.00. The number of amides is 1. The van der Waals surface area contributed by atoms with Gasteiger partial charge < -0.3 is 20.7 Å². The number of esters is 1. The van der Waals surface area contributed by atoms with Gasteiger partial charge in [-0.05, 0) is 0 Å². The van der Waals surface area contributed by atoms with E-state index in [4.69, 9.17) is 5.73 Å². The summed E-state index contributed by atoms with van der Waals surface area (Å²) in [6.07, 6.45) is -0.600. The first-order valence-corrected chi connectivity index (χ1v) is 4.14. The maximum atomic E-state index is 11.2. The van der Waals surface area contributed by atoms with Gasteiger partial charge in [0, 0.05) is 26.2 Å². The first-order valence-electron chi connectivity index (χ1n) is 4.14. The highest BCUT2D eigenvalue weighted by molar-refractivity contribution is 5.85. The van der Waals surface area contributed by atoms with Crippen LogP contribution in [0.5, 0.6) is 0 Å². The van der Waals surface area contributed by atoms with E-state index in [0.29, 0.717) is 13.1 Å². The van der Waals surface area contributed by atoms with Gasteiger partial charge in [0.05, 0.1) is 6.54 Å². The number of carbonyl (C=O) groups is 2. The Bertz CT molecular complexity index is 201. The minimum atomic E-state index is -0.691. The predicted octanol–water partition coefficient (Wildman–Crippen LogP) is -1.49. The third-order valence-corrected chi connectivity index (χ3v) is 1.74. The molecule has 6 heteroatoms. The van der Waals surface area contributed by atoms with Gasteiger partial charge in [-0.25, -0.2) is 4.79 Å². The van der Waals surface area contributed by atoms with Gasteiger partial charge in [-0.15, -0.1) is 0 Å². The fourth-order valence-corrected chi connectivity index (χ4v) is 1.05. The van der Waals surface area contributed by atoms with Gasteiger partial charge in [0.2, 0.25) is 0 Å². The third-order valence-electron chi connectivity index (χ3n) is 1.74. The van der Waals surface area contributed by atoms with Gasteiger partial charge in [0.25, 0.3) is 0 Å². The van der Waals surface area contributed by atoms with E-state index >= 15 is 0 Å². The fourth-order valence-electron chi connectivity index (χ4n) is 1.05. The molecule has 0 bridgehead atoms. The molecule has 1 fully saturated rings. The van der Waals surface area contributed by atoms with Crippen molar-refractivity contribution in [2.45, 2.75) is 0 Å². The lowest BCUT2D eigenvalue weighted by atomic mass is 10.4. The van der Waals surface area contributed by atoms with Crippen LogP contribution in [0.2, 0.25) is 0 Å². The Labute approximate surface area is 76.0 Å². The van der Waals surface area contributed by atoms with Crippen molar-refractivity contribution in [1.82, 2.24) is 10.2 Å². The summed E-state index contributed by atoms with van der Waals surface area (Å²) in [5.41, 5.74) is 4.99. The fraction of sp³-hybridized carbons (Fsp3) is 0.714. The highest BCUT2D eigenvalue weighted by atomic mass is 16.6. The summed E-state index contributed by atoms with van der Waals surface area (Å²) >= 11 is 0. The van der Waals surface area contributed by atoms with Crippen molar-refractivity contribution >= 4 is 12.1 Å². The number of nitrogens with one attached hydrogen (secondary N) is 1. The smallest absolute Gasteiger partial charge is 0.375 e. The van der Waals surface area contributed by atoms with E-state index < -0.39 is 12.1 Å². The molecule has 1 aliphatic heterocycles. The molecule has 0 saturated carbocycles. The van der Waals surface area contributed by atoms with Crippen LogP contribution in [0.15, 0.2) is 0 Å². The number of nitrogens with two attached hydrogens (primary N) is 1. The molecule has 1 saturated heterocycles. The van der Waals surface area contributed by atoms with Crippen molar-refractivity contribution in [3.8, 4) is 0 Å². The molecule has 1 aliphatic rings. The van der Waals surface area contributed by atoms with Gasteiger partial charge in [-0.3, -0.25) is 4.79 Å². The van der Waals surface area contributed by atoms with Crippen LogP contribution in [0.25, 0.3) is 0 Å². The number of hydrogen-bond acceptors (Lipinski definition) is 5. The summed E-state index contributed by atoms with van der Waals surface area (Å²) in [6.45, 7) is 2.32. The summed E-state index contributed by atoms with van der Waals surface area (Å²) in [5, 5.41) is 3.08. The van der Waals surface area contributed by atoms with E-state index in [1.54, 1.807) is 0 Å². The summed E-state index contributed by atoms with van der Waals surface area (Å²) in [4.78, 5) is 23.3. The van der Waals surface area contributed by atoms with Crippen LogP contribution in [-0.2, 0) is 9.53 Å². The molecule has 0 spiro atoms. The van der Waals surface area contributed by atoms with Gasteiger partial charge in [-0.2, -0.15) is 0 Å². The van der Waals surface area contributed by atoms with Crippen LogP contribution in [0.4, 0.5) is 4.79 Å². The van der Waals surface area contributed by atoms with Gasteiger partial charge >= 0.3 is 12.1 Å². The van der Waals surface area contributed by atoms with E-state index in [0.717, 1.165) is 13.1 Å². The van der Waals surface area contributed by atoms with E-state index in [9.17, 15) is 9.59 Å². The lowest BCUT2D eigenvalue weighted by molar-refractivity contribution is -0.136. The van der Waals surface area contributed by atoms with E-state index in [1.807, 2.05) is 0 Å². The molecule has 1 heterocycles. The summed E-state index contributed by atoms with van der Waals surface area (Å²) < 4.78 is 4.43. The molecule has 0 aromatic rings. The van der Waals surface area contributed by atoms with E-state index in [-0.39, 0.29) is 6.54 Å². The van der Waals surface area contributed by atoms with Crippen molar-refractivity contribution in [2.24, 2.45) is 5.73 Å². The molecule has 0 aromatic carbocycles. The van der Waals surface area contributed by atoms with Crippen LogP contribution in [-0.4, -0.2) is 49.7 Å². The van der Waals surface area contributed by atoms with Gasteiger partial charge in [0.15, 0.2) is 0 Å². The quantitative estimate of drug-likeness (QED) is 0.386. The van der Waals surface area contributed by atoms with Crippen LogP contribution in [0.3, 0.4) is 0 Å². The highest BCUT2D eigenvalue weighted by Crippen LogP contribution is 1.96. The molecule has 74 valence electrons. The topological polar surface area (TPSA) is 84.7 Å². The molecule has 1 rings (SSSR count). The van der Waals surface area contributed by atoms with Crippen LogP contribution < -0.4 is 11.1 Å². The summed E-state index contributed by atoms with van der Waals surface area (Å²) in [6, 6.07) is 0. The van der Waals surface area contributed by atoms with E-state index in [2.05, 4.69) is 10.1 Å². The number of rotatable bonds is 1. The van der Waals surface area contributed by atoms with E-state index in [1.165, 1.54) is 4.90 Å². The normalized spacial score (nSPS) is 16.8. The largest absolute Gasteiger partial charge is 0.417 e. The Hall–Kier alpha value is -1.14. The molecular weight excluding hydrogens is 174 g/mol.